The lowest BCUT2D eigenvalue weighted by atomic mass is 9.94. The Kier molecular flexibility index (Phi) is 5.51. The molecular weight excluding hydrogens is 360 g/mol. The van der Waals surface area contributed by atoms with Crippen molar-refractivity contribution in [2.45, 2.75) is 32.0 Å². The van der Waals surface area contributed by atoms with Crippen LogP contribution < -0.4 is 5.01 Å². The van der Waals surface area contributed by atoms with Crippen LogP contribution >= 0.6 is 0 Å². The van der Waals surface area contributed by atoms with E-state index in [2.05, 4.69) is 5.10 Å². The van der Waals surface area contributed by atoms with Crippen LogP contribution in [0, 0.1) is 11.7 Å². The Balaban J connectivity index is 1.77. The van der Waals surface area contributed by atoms with Crippen LogP contribution in [0.25, 0.3) is 0 Å². The summed E-state index contributed by atoms with van der Waals surface area (Å²) in [5.74, 6) is -0.539. The zero-order valence-electron chi connectivity index (χ0n) is 14.7. The fraction of sp³-hybridized carbons (Fsp3) is 0.350. The van der Waals surface area contributed by atoms with Crippen LogP contribution in [0.4, 0.5) is 23.2 Å². The molecule has 1 heterocycles. The van der Waals surface area contributed by atoms with Gasteiger partial charge in [0.2, 0.25) is 0 Å². The molecule has 3 rings (SSSR count). The van der Waals surface area contributed by atoms with Gasteiger partial charge >= 0.3 is 6.18 Å². The lowest BCUT2D eigenvalue weighted by Crippen LogP contribution is -2.29. The van der Waals surface area contributed by atoms with Gasteiger partial charge in [0, 0.05) is 11.6 Å². The van der Waals surface area contributed by atoms with Gasteiger partial charge in [-0.15, -0.1) is 0 Å². The number of rotatable bonds is 5. The fourth-order valence-corrected chi connectivity index (χ4v) is 3.18. The number of hydrogen-bond donors (Lipinski definition) is 1. The number of aliphatic hydroxyl groups excluding tert-OH is 1. The normalized spacial score (nSPS) is 18.5. The van der Waals surface area contributed by atoms with Crippen LogP contribution in [-0.2, 0) is 12.6 Å². The van der Waals surface area contributed by atoms with Crippen molar-refractivity contribution in [2.24, 2.45) is 11.0 Å². The van der Waals surface area contributed by atoms with Crippen molar-refractivity contribution < 1.29 is 22.7 Å². The number of halogens is 4. The lowest BCUT2D eigenvalue weighted by molar-refractivity contribution is -0.137. The zero-order valence-corrected chi connectivity index (χ0v) is 14.7. The number of aliphatic hydroxyl groups is 1. The monoisotopic (exact) mass is 380 g/mol. The van der Waals surface area contributed by atoms with E-state index in [0.717, 1.165) is 12.1 Å². The van der Waals surface area contributed by atoms with E-state index in [4.69, 9.17) is 0 Å². The maximum absolute atomic E-state index is 13.8. The Bertz CT molecular complexity index is 815. The Morgan fingerprint density at radius 1 is 1.11 bits per heavy atom. The molecule has 27 heavy (non-hydrogen) atoms. The molecule has 0 radical (unpaired) electrons. The van der Waals surface area contributed by atoms with Crippen molar-refractivity contribution in [2.75, 3.05) is 11.6 Å². The molecule has 0 aliphatic carbocycles. The molecule has 2 unspecified atom stereocenters. The van der Waals surface area contributed by atoms with E-state index in [9.17, 15) is 22.7 Å². The molecule has 2 atom stereocenters. The first kappa shape index (κ1) is 19.4. The van der Waals surface area contributed by atoms with Crippen molar-refractivity contribution in [3.63, 3.8) is 0 Å². The highest BCUT2D eigenvalue weighted by atomic mass is 19.4. The highest BCUT2D eigenvalue weighted by molar-refractivity contribution is 5.91. The molecule has 0 amide bonds. The van der Waals surface area contributed by atoms with Crippen molar-refractivity contribution in [1.82, 2.24) is 0 Å². The van der Waals surface area contributed by atoms with Gasteiger partial charge in [0.15, 0.2) is 0 Å². The van der Waals surface area contributed by atoms with E-state index in [-0.39, 0.29) is 11.7 Å². The second kappa shape index (κ2) is 7.68. The molecule has 1 aliphatic rings. The molecule has 0 bridgehead atoms. The number of benzene rings is 2. The summed E-state index contributed by atoms with van der Waals surface area (Å²) in [5.41, 5.74) is 1.08. The number of hydrogen-bond acceptors (Lipinski definition) is 3. The number of aryl methyl sites for hydroxylation is 1. The molecule has 0 aromatic heterocycles. The molecule has 2 aromatic carbocycles. The Morgan fingerprint density at radius 2 is 1.78 bits per heavy atom. The minimum Gasteiger partial charge on any atom is -0.393 e. The molecule has 2 aromatic rings. The molecule has 0 spiro atoms. The van der Waals surface area contributed by atoms with Gasteiger partial charge in [-0.3, -0.25) is 5.01 Å². The van der Waals surface area contributed by atoms with Crippen LogP contribution in [0.2, 0.25) is 0 Å². The van der Waals surface area contributed by atoms with Crippen LogP contribution in [-0.4, -0.2) is 23.5 Å². The largest absolute Gasteiger partial charge is 0.416 e. The van der Waals surface area contributed by atoms with E-state index in [1.165, 1.54) is 18.2 Å². The fourth-order valence-electron chi connectivity index (χ4n) is 3.18. The second-order valence-corrected chi connectivity index (χ2v) is 6.66. The number of anilines is 1. The number of alkyl halides is 3. The quantitative estimate of drug-likeness (QED) is 0.767. The summed E-state index contributed by atoms with van der Waals surface area (Å²) in [7, 11) is 0. The van der Waals surface area contributed by atoms with Gasteiger partial charge < -0.3 is 5.11 Å². The second-order valence-electron chi connectivity index (χ2n) is 6.66. The summed E-state index contributed by atoms with van der Waals surface area (Å²) >= 11 is 0. The van der Waals surface area contributed by atoms with E-state index >= 15 is 0 Å². The molecule has 7 heteroatoms. The highest BCUT2D eigenvalue weighted by Crippen LogP contribution is 2.32. The van der Waals surface area contributed by atoms with E-state index in [1.54, 1.807) is 30.1 Å². The van der Waals surface area contributed by atoms with Crippen molar-refractivity contribution in [3.05, 3.63) is 65.5 Å². The highest BCUT2D eigenvalue weighted by Gasteiger charge is 2.32. The first-order chi connectivity index (χ1) is 12.8. The third-order valence-corrected chi connectivity index (χ3v) is 4.73. The molecule has 0 saturated heterocycles. The topological polar surface area (TPSA) is 35.8 Å². The van der Waals surface area contributed by atoms with Gasteiger partial charge in [0.25, 0.3) is 0 Å². The summed E-state index contributed by atoms with van der Waals surface area (Å²) in [6.07, 6.45) is -4.15. The smallest absolute Gasteiger partial charge is 0.393 e. The van der Waals surface area contributed by atoms with Crippen molar-refractivity contribution in [1.29, 1.82) is 0 Å². The molecule has 1 N–H and O–H groups in total. The number of nitrogens with zero attached hydrogens (tertiary/aromatic N) is 2. The summed E-state index contributed by atoms with van der Waals surface area (Å²) in [4.78, 5) is 0. The third-order valence-electron chi connectivity index (χ3n) is 4.73. The Hall–Kier alpha value is -2.41. The molecule has 3 nitrogen and oxygen atoms in total. The summed E-state index contributed by atoms with van der Waals surface area (Å²) in [6, 6.07) is 11.2. The first-order valence-corrected chi connectivity index (χ1v) is 8.69. The zero-order chi connectivity index (χ0) is 19.6. The van der Waals surface area contributed by atoms with Crippen LogP contribution in [0.15, 0.2) is 53.6 Å². The van der Waals surface area contributed by atoms with Gasteiger partial charge in [-0.1, -0.05) is 18.2 Å². The SMILES string of the molecule is CC(O)C1CN(c2ccc(C(F)(F)F)cc2)N=C1CCc1ccccc1F. The third kappa shape index (κ3) is 4.47. The van der Waals surface area contributed by atoms with Gasteiger partial charge in [-0.05, 0) is 55.7 Å². The van der Waals surface area contributed by atoms with Gasteiger partial charge in [-0.2, -0.15) is 18.3 Å². The predicted molar refractivity (Wildman–Crippen MR) is 96.1 cm³/mol. The Labute approximate surface area is 154 Å². The van der Waals surface area contributed by atoms with Gasteiger partial charge in [0.05, 0.1) is 23.9 Å². The van der Waals surface area contributed by atoms with Crippen LogP contribution in [0.3, 0.4) is 0 Å². The summed E-state index contributed by atoms with van der Waals surface area (Å²) in [6.45, 7) is 2.02. The van der Waals surface area contributed by atoms with Crippen LogP contribution in [0.1, 0.15) is 24.5 Å². The van der Waals surface area contributed by atoms with E-state index < -0.39 is 17.8 Å². The average molecular weight is 380 g/mol. The molecule has 0 fully saturated rings. The summed E-state index contributed by atoms with van der Waals surface area (Å²) < 4.78 is 52.0. The first-order valence-electron chi connectivity index (χ1n) is 8.69. The lowest BCUT2D eigenvalue weighted by Gasteiger charge is -2.18. The van der Waals surface area contributed by atoms with Crippen LogP contribution in [0.5, 0.6) is 0 Å². The molecule has 0 saturated carbocycles. The van der Waals surface area contributed by atoms with Crippen molar-refractivity contribution in [3.8, 4) is 0 Å². The maximum atomic E-state index is 13.8. The minimum atomic E-state index is -4.39. The summed E-state index contributed by atoms with van der Waals surface area (Å²) in [5, 5.41) is 16.1. The molecule has 144 valence electrons. The molecule has 1 aliphatic heterocycles. The van der Waals surface area contributed by atoms with E-state index in [1.807, 2.05) is 0 Å². The van der Waals surface area contributed by atoms with Gasteiger partial charge in [-0.25, -0.2) is 4.39 Å². The standard InChI is InChI=1S/C20H20F4N2O/c1-13(27)17-12-26(16-9-7-15(8-10-16)20(22,23)24)25-19(17)11-6-14-4-2-3-5-18(14)21/h2-5,7-10,13,17,27H,6,11-12H2,1H3. The predicted octanol–water partition coefficient (Wildman–Crippen LogP) is 4.65. The average Bonchev–Trinajstić information content (AvgIpc) is 3.05. The van der Waals surface area contributed by atoms with Gasteiger partial charge in [0.1, 0.15) is 5.82 Å². The van der Waals surface area contributed by atoms with Crippen molar-refractivity contribution >= 4 is 11.4 Å². The number of hydrazone groups is 1. The maximum Gasteiger partial charge on any atom is 0.416 e. The minimum absolute atomic E-state index is 0.251. The molecular formula is C20H20F4N2O. The van der Waals surface area contributed by atoms with E-state index in [0.29, 0.717) is 36.3 Å². The Morgan fingerprint density at radius 3 is 2.37 bits per heavy atom.